The average Bonchev–Trinajstić information content (AvgIpc) is 2.96. The molecular weight excluding hydrogens is 396 g/mol. The van der Waals surface area contributed by atoms with Crippen molar-refractivity contribution < 1.29 is 14.5 Å². The number of carbonyl (C=O) groups excluding carboxylic acids is 1. The zero-order chi connectivity index (χ0) is 20.1. The molecule has 0 aromatic heterocycles. The number of rotatable bonds is 6. The van der Waals surface area contributed by atoms with E-state index in [2.05, 4.69) is 0 Å². The van der Waals surface area contributed by atoms with Crippen LogP contribution in [0.2, 0.25) is 0 Å². The highest BCUT2D eigenvalue weighted by Gasteiger charge is 2.32. The Kier molecular flexibility index (Phi) is 6.23. The van der Waals surface area contributed by atoms with E-state index in [-0.39, 0.29) is 11.6 Å². The van der Waals surface area contributed by atoms with Gasteiger partial charge in [0.25, 0.3) is 11.6 Å². The van der Waals surface area contributed by atoms with Crippen LogP contribution in [0.3, 0.4) is 0 Å². The van der Waals surface area contributed by atoms with Crippen LogP contribution in [0.1, 0.15) is 12.5 Å². The highest BCUT2D eigenvalue weighted by atomic mass is 32.2. The van der Waals surface area contributed by atoms with Crippen molar-refractivity contribution in [2.45, 2.75) is 6.92 Å². The minimum Gasteiger partial charge on any atom is -0.494 e. The van der Waals surface area contributed by atoms with Crippen molar-refractivity contribution in [3.63, 3.8) is 0 Å². The lowest BCUT2D eigenvalue weighted by Crippen LogP contribution is -2.27. The number of anilines is 1. The zero-order valence-electron chi connectivity index (χ0n) is 14.9. The van der Waals surface area contributed by atoms with Gasteiger partial charge in [-0.2, -0.15) is 0 Å². The van der Waals surface area contributed by atoms with E-state index in [0.717, 1.165) is 5.75 Å². The SMILES string of the molecule is CCOc1ccc(N2C(=O)C(=CC=Cc3ccccc3[N+](=O)[O-])SC2=S)cc1. The summed E-state index contributed by atoms with van der Waals surface area (Å²) >= 11 is 6.53. The first kappa shape index (κ1) is 19.8. The van der Waals surface area contributed by atoms with Crippen molar-refractivity contribution >= 4 is 51.7 Å². The molecule has 28 heavy (non-hydrogen) atoms. The van der Waals surface area contributed by atoms with E-state index in [9.17, 15) is 14.9 Å². The minimum absolute atomic E-state index is 0.00841. The van der Waals surface area contributed by atoms with Crippen molar-refractivity contribution in [2.75, 3.05) is 11.5 Å². The van der Waals surface area contributed by atoms with Crippen LogP contribution in [0.4, 0.5) is 11.4 Å². The molecular formula is C20H16N2O4S2. The van der Waals surface area contributed by atoms with Gasteiger partial charge in [-0.1, -0.05) is 42.2 Å². The molecule has 0 spiro atoms. The lowest BCUT2D eigenvalue weighted by molar-refractivity contribution is -0.385. The Balaban J connectivity index is 1.79. The second-order valence-corrected chi connectivity index (χ2v) is 7.32. The van der Waals surface area contributed by atoms with Crippen LogP contribution in [-0.2, 0) is 4.79 Å². The van der Waals surface area contributed by atoms with E-state index < -0.39 is 4.92 Å². The molecule has 0 aliphatic carbocycles. The third kappa shape index (κ3) is 4.29. The molecule has 0 N–H and O–H groups in total. The third-order valence-corrected chi connectivity index (χ3v) is 5.18. The van der Waals surface area contributed by atoms with Crippen molar-refractivity contribution in [3.8, 4) is 5.75 Å². The molecule has 6 nitrogen and oxygen atoms in total. The molecule has 1 heterocycles. The molecule has 2 aromatic rings. The van der Waals surface area contributed by atoms with Crippen LogP contribution in [-0.4, -0.2) is 21.8 Å². The maximum absolute atomic E-state index is 12.7. The molecule has 1 aliphatic heterocycles. The summed E-state index contributed by atoms with van der Waals surface area (Å²) in [6, 6.07) is 13.5. The number of nitro benzene ring substituents is 1. The van der Waals surface area contributed by atoms with E-state index in [0.29, 0.717) is 27.1 Å². The van der Waals surface area contributed by atoms with E-state index >= 15 is 0 Å². The van der Waals surface area contributed by atoms with Gasteiger partial charge in [0.1, 0.15) is 5.75 Å². The topological polar surface area (TPSA) is 72.7 Å². The number of carbonyl (C=O) groups is 1. The average molecular weight is 412 g/mol. The van der Waals surface area contributed by atoms with Gasteiger partial charge in [0.15, 0.2) is 4.32 Å². The minimum atomic E-state index is -0.439. The highest BCUT2D eigenvalue weighted by Crippen LogP contribution is 2.35. The van der Waals surface area contributed by atoms with Crippen molar-refractivity contribution in [3.05, 3.63) is 81.3 Å². The summed E-state index contributed by atoms with van der Waals surface area (Å²) in [5.41, 5.74) is 1.14. The zero-order valence-corrected chi connectivity index (χ0v) is 16.5. The Labute approximate surface area is 171 Å². The first-order chi connectivity index (χ1) is 13.5. The van der Waals surface area contributed by atoms with Gasteiger partial charge in [-0.05, 0) is 49.4 Å². The first-order valence-corrected chi connectivity index (χ1v) is 9.64. The third-order valence-electron chi connectivity index (χ3n) is 3.86. The summed E-state index contributed by atoms with van der Waals surface area (Å²) in [6.07, 6.45) is 4.83. The molecule has 0 radical (unpaired) electrons. The Hall–Kier alpha value is -2.97. The Morgan fingerprint density at radius 1 is 1.21 bits per heavy atom. The highest BCUT2D eigenvalue weighted by molar-refractivity contribution is 8.27. The van der Waals surface area contributed by atoms with Gasteiger partial charge in [0.05, 0.1) is 27.7 Å². The van der Waals surface area contributed by atoms with Crippen LogP contribution in [0.25, 0.3) is 6.08 Å². The van der Waals surface area contributed by atoms with Crippen LogP contribution >= 0.6 is 24.0 Å². The summed E-state index contributed by atoms with van der Waals surface area (Å²) in [4.78, 5) is 25.3. The van der Waals surface area contributed by atoms with Gasteiger partial charge in [-0.3, -0.25) is 19.8 Å². The molecule has 8 heteroatoms. The molecule has 2 aromatic carbocycles. The molecule has 1 saturated heterocycles. The number of amides is 1. The largest absolute Gasteiger partial charge is 0.494 e. The number of ether oxygens (including phenoxy) is 1. The lowest BCUT2D eigenvalue weighted by Gasteiger charge is -2.15. The number of thiocarbonyl (C=S) groups is 1. The molecule has 0 atom stereocenters. The molecule has 1 amide bonds. The maximum atomic E-state index is 12.7. The number of para-hydroxylation sites is 1. The monoisotopic (exact) mass is 412 g/mol. The second-order valence-electron chi connectivity index (χ2n) is 5.64. The molecule has 1 fully saturated rings. The number of nitrogens with zero attached hydrogens (tertiary/aromatic N) is 2. The first-order valence-electron chi connectivity index (χ1n) is 8.42. The van der Waals surface area contributed by atoms with Gasteiger partial charge < -0.3 is 4.74 Å². The number of allylic oxidation sites excluding steroid dienone is 2. The summed E-state index contributed by atoms with van der Waals surface area (Å²) < 4.78 is 5.84. The molecule has 0 saturated carbocycles. The van der Waals surface area contributed by atoms with Crippen LogP contribution in [0.5, 0.6) is 5.75 Å². The predicted molar refractivity (Wildman–Crippen MR) is 115 cm³/mol. The van der Waals surface area contributed by atoms with Crippen LogP contribution in [0, 0.1) is 10.1 Å². The molecule has 142 valence electrons. The number of thioether (sulfide) groups is 1. The summed E-state index contributed by atoms with van der Waals surface area (Å²) in [5.74, 6) is 0.492. The normalized spacial score (nSPS) is 15.6. The standard InChI is InChI=1S/C20H16N2O4S2/c1-2-26-16-12-10-15(11-13-16)21-19(23)18(28-20(21)27)9-5-7-14-6-3-4-8-17(14)22(24)25/h3-13H,2H2,1H3. The fourth-order valence-electron chi connectivity index (χ4n) is 2.60. The fraction of sp³-hybridized carbons (Fsp3) is 0.100. The van der Waals surface area contributed by atoms with Crippen LogP contribution < -0.4 is 9.64 Å². The molecule has 1 aliphatic rings. The van der Waals surface area contributed by atoms with E-state index in [1.807, 2.05) is 6.92 Å². The van der Waals surface area contributed by atoms with Crippen LogP contribution in [0.15, 0.2) is 65.6 Å². The smallest absolute Gasteiger partial charge is 0.276 e. The predicted octanol–water partition coefficient (Wildman–Crippen LogP) is 4.96. The number of nitro groups is 1. The summed E-state index contributed by atoms with van der Waals surface area (Å²) in [7, 11) is 0. The summed E-state index contributed by atoms with van der Waals surface area (Å²) in [6.45, 7) is 2.47. The summed E-state index contributed by atoms with van der Waals surface area (Å²) in [5, 5.41) is 11.1. The number of hydrogen-bond donors (Lipinski definition) is 0. The van der Waals surface area contributed by atoms with Gasteiger partial charge in [-0.15, -0.1) is 0 Å². The number of hydrogen-bond acceptors (Lipinski definition) is 6. The Bertz CT molecular complexity index is 984. The molecule has 0 bridgehead atoms. The fourth-order valence-corrected chi connectivity index (χ4v) is 3.85. The second kappa shape index (κ2) is 8.81. The van der Waals surface area contributed by atoms with Crippen molar-refractivity contribution in [1.29, 1.82) is 0 Å². The van der Waals surface area contributed by atoms with Gasteiger partial charge in [0.2, 0.25) is 0 Å². The quantitative estimate of drug-likeness (QED) is 0.289. The number of benzene rings is 2. The molecule has 0 unspecified atom stereocenters. The van der Waals surface area contributed by atoms with E-state index in [4.69, 9.17) is 17.0 Å². The van der Waals surface area contributed by atoms with Gasteiger partial charge >= 0.3 is 0 Å². The van der Waals surface area contributed by atoms with Gasteiger partial charge in [0, 0.05) is 6.07 Å². The Morgan fingerprint density at radius 2 is 1.93 bits per heavy atom. The van der Waals surface area contributed by atoms with Crippen molar-refractivity contribution in [1.82, 2.24) is 0 Å². The Morgan fingerprint density at radius 3 is 2.61 bits per heavy atom. The lowest BCUT2D eigenvalue weighted by atomic mass is 10.1. The van der Waals surface area contributed by atoms with E-state index in [1.54, 1.807) is 60.7 Å². The van der Waals surface area contributed by atoms with Crippen molar-refractivity contribution in [2.24, 2.45) is 0 Å². The van der Waals surface area contributed by atoms with Gasteiger partial charge in [-0.25, -0.2) is 0 Å². The van der Waals surface area contributed by atoms with E-state index in [1.165, 1.54) is 22.7 Å². The molecule has 3 rings (SSSR count). The maximum Gasteiger partial charge on any atom is 0.276 e.